The standard InChI is InChI=1S/C12H21N3O/c1-8(2)15-12(9(3)13)6-11(14-15)10-4-5-16-7-10/h6,8-10H,4-5,7,13H2,1-3H3/t9-,10?/m1/s1. The van der Waals surface area contributed by atoms with Crippen molar-refractivity contribution in [2.24, 2.45) is 5.73 Å². The van der Waals surface area contributed by atoms with Gasteiger partial charge in [-0.05, 0) is 33.3 Å². The van der Waals surface area contributed by atoms with E-state index >= 15 is 0 Å². The third kappa shape index (κ3) is 2.13. The number of nitrogens with zero attached hydrogens (tertiary/aromatic N) is 2. The second-order valence-electron chi connectivity index (χ2n) is 4.88. The maximum absolute atomic E-state index is 5.97. The van der Waals surface area contributed by atoms with Crippen molar-refractivity contribution in [2.75, 3.05) is 13.2 Å². The smallest absolute Gasteiger partial charge is 0.0683 e. The van der Waals surface area contributed by atoms with Gasteiger partial charge in [-0.25, -0.2) is 0 Å². The molecule has 4 nitrogen and oxygen atoms in total. The van der Waals surface area contributed by atoms with Crippen LogP contribution in [-0.4, -0.2) is 23.0 Å². The Hall–Kier alpha value is -0.870. The van der Waals surface area contributed by atoms with E-state index in [-0.39, 0.29) is 6.04 Å². The molecule has 2 atom stereocenters. The Morgan fingerprint density at radius 1 is 1.50 bits per heavy atom. The van der Waals surface area contributed by atoms with E-state index < -0.39 is 0 Å². The monoisotopic (exact) mass is 223 g/mol. The summed E-state index contributed by atoms with van der Waals surface area (Å²) in [6.07, 6.45) is 1.08. The van der Waals surface area contributed by atoms with E-state index in [4.69, 9.17) is 10.5 Å². The first-order valence-corrected chi connectivity index (χ1v) is 6.02. The molecule has 0 radical (unpaired) electrons. The molecule has 1 aromatic heterocycles. The average molecular weight is 223 g/mol. The number of hydrogen-bond donors (Lipinski definition) is 1. The van der Waals surface area contributed by atoms with Crippen molar-refractivity contribution < 1.29 is 4.74 Å². The van der Waals surface area contributed by atoms with Crippen molar-refractivity contribution >= 4 is 0 Å². The van der Waals surface area contributed by atoms with Crippen LogP contribution in [0.15, 0.2) is 6.07 Å². The molecule has 4 heteroatoms. The fraction of sp³-hybridized carbons (Fsp3) is 0.750. The summed E-state index contributed by atoms with van der Waals surface area (Å²) in [5.74, 6) is 0.456. The number of aromatic nitrogens is 2. The predicted molar refractivity (Wildman–Crippen MR) is 63.4 cm³/mol. The average Bonchev–Trinajstić information content (AvgIpc) is 2.86. The molecule has 0 bridgehead atoms. The van der Waals surface area contributed by atoms with E-state index in [0.717, 1.165) is 31.0 Å². The predicted octanol–water partition coefficient (Wildman–Crippen LogP) is 1.99. The number of rotatable bonds is 3. The fourth-order valence-corrected chi connectivity index (χ4v) is 2.15. The van der Waals surface area contributed by atoms with Crippen molar-refractivity contribution in [3.63, 3.8) is 0 Å². The topological polar surface area (TPSA) is 53.1 Å². The highest BCUT2D eigenvalue weighted by atomic mass is 16.5. The largest absolute Gasteiger partial charge is 0.381 e. The quantitative estimate of drug-likeness (QED) is 0.852. The summed E-state index contributed by atoms with van der Waals surface area (Å²) in [4.78, 5) is 0. The van der Waals surface area contributed by atoms with Gasteiger partial charge >= 0.3 is 0 Å². The third-order valence-electron chi connectivity index (χ3n) is 3.09. The van der Waals surface area contributed by atoms with Gasteiger partial charge in [0.25, 0.3) is 0 Å². The number of ether oxygens (including phenoxy) is 1. The Labute approximate surface area is 96.8 Å². The maximum atomic E-state index is 5.97. The van der Waals surface area contributed by atoms with E-state index in [1.165, 1.54) is 0 Å². The van der Waals surface area contributed by atoms with E-state index in [2.05, 4.69) is 25.0 Å². The summed E-state index contributed by atoms with van der Waals surface area (Å²) in [5, 5.41) is 4.67. The summed E-state index contributed by atoms with van der Waals surface area (Å²) in [6, 6.07) is 2.53. The molecule has 0 spiro atoms. The molecule has 1 fully saturated rings. The number of hydrogen-bond acceptors (Lipinski definition) is 3. The minimum Gasteiger partial charge on any atom is -0.381 e. The minimum absolute atomic E-state index is 0.0333. The van der Waals surface area contributed by atoms with Crippen molar-refractivity contribution in [3.8, 4) is 0 Å². The van der Waals surface area contributed by atoms with Gasteiger partial charge in [0.05, 0.1) is 18.0 Å². The van der Waals surface area contributed by atoms with Gasteiger partial charge in [-0.3, -0.25) is 4.68 Å². The summed E-state index contributed by atoms with van der Waals surface area (Å²) < 4.78 is 7.44. The normalized spacial score (nSPS) is 22.9. The molecule has 1 unspecified atom stereocenters. The first-order chi connectivity index (χ1) is 7.59. The fourth-order valence-electron chi connectivity index (χ4n) is 2.15. The molecule has 0 aliphatic carbocycles. The van der Waals surface area contributed by atoms with Gasteiger partial charge in [-0.1, -0.05) is 0 Å². The van der Waals surface area contributed by atoms with Crippen LogP contribution in [0.5, 0.6) is 0 Å². The molecule has 16 heavy (non-hydrogen) atoms. The SMILES string of the molecule is CC(C)n1nc(C2CCOC2)cc1[C@@H](C)N. The van der Waals surface area contributed by atoms with Crippen LogP contribution in [0.25, 0.3) is 0 Å². The van der Waals surface area contributed by atoms with E-state index in [1.807, 2.05) is 11.6 Å². The highest BCUT2D eigenvalue weighted by Crippen LogP contribution is 2.27. The van der Waals surface area contributed by atoms with Crippen LogP contribution in [0.4, 0.5) is 0 Å². The third-order valence-corrected chi connectivity index (χ3v) is 3.09. The lowest BCUT2D eigenvalue weighted by Crippen LogP contribution is -2.14. The highest BCUT2D eigenvalue weighted by Gasteiger charge is 2.23. The summed E-state index contributed by atoms with van der Waals surface area (Å²) in [6.45, 7) is 7.92. The minimum atomic E-state index is 0.0333. The first-order valence-electron chi connectivity index (χ1n) is 6.02. The second kappa shape index (κ2) is 4.55. The van der Waals surface area contributed by atoms with Crippen LogP contribution in [-0.2, 0) is 4.74 Å². The molecule has 1 aliphatic heterocycles. The first kappa shape index (κ1) is 11.6. The van der Waals surface area contributed by atoms with Gasteiger partial charge in [-0.15, -0.1) is 0 Å². The molecule has 0 saturated carbocycles. The molecule has 2 N–H and O–H groups in total. The van der Waals surface area contributed by atoms with Gasteiger partial charge in [0.15, 0.2) is 0 Å². The molecule has 1 aromatic rings. The molecule has 1 saturated heterocycles. The molecular formula is C12H21N3O. The van der Waals surface area contributed by atoms with Gasteiger partial charge < -0.3 is 10.5 Å². The van der Waals surface area contributed by atoms with Gasteiger partial charge in [-0.2, -0.15) is 5.10 Å². The van der Waals surface area contributed by atoms with Crippen LogP contribution in [0.2, 0.25) is 0 Å². The van der Waals surface area contributed by atoms with E-state index in [1.54, 1.807) is 0 Å². The lowest BCUT2D eigenvalue weighted by molar-refractivity contribution is 0.193. The summed E-state index contributed by atoms with van der Waals surface area (Å²) >= 11 is 0. The lowest BCUT2D eigenvalue weighted by Gasteiger charge is -2.12. The Bertz CT molecular complexity index is 326. The highest BCUT2D eigenvalue weighted by molar-refractivity contribution is 5.18. The zero-order valence-electron chi connectivity index (χ0n) is 10.3. The molecular weight excluding hydrogens is 202 g/mol. The van der Waals surface area contributed by atoms with E-state index in [0.29, 0.717) is 12.0 Å². The summed E-state index contributed by atoms with van der Waals surface area (Å²) in [5.41, 5.74) is 8.23. The molecule has 2 rings (SSSR count). The summed E-state index contributed by atoms with van der Waals surface area (Å²) in [7, 11) is 0. The molecule has 0 aromatic carbocycles. The Morgan fingerprint density at radius 2 is 2.25 bits per heavy atom. The molecule has 2 heterocycles. The molecule has 90 valence electrons. The van der Waals surface area contributed by atoms with Crippen LogP contribution < -0.4 is 5.73 Å². The van der Waals surface area contributed by atoms with Crippen molar-refractivity contribution in [1.82, 2.24) is 9.78 Å². The molecule has 0 amide bonds. The van der Waals surface area contributed by atoms with Gasteiger partial charge in [0.2, 0.25) is 0 Å². The second-order valence-corrected chi connectivity index (χ2v) is 4.88. The van der Waals surface area contributed by atoms with Crippen molar-refractivity contribution in [3.05, 3.63) is 17.5 Å². The van der Waals surface area contributed by atoms with Gasteiger partial charge in [0, 0.05) is 24.6 Å². The van der Waals surface area contributed by atoms with Crippen molar-refractivity contribution in [2.45, 2.75) is 45.2 Å². The Kier molecular flexibility index (Phi) is 3.30. The number of nitrogens with two attached hydrogens (primary N) is 1. The van der Waals surface area contributed by atoms with Crippen molar-refractivity contribution in [1.29, 1.82) is 0 Å². The van der Waals surface area contributed by atoms with E-state index in [9.17, 15) is 0 Å². The van der Waals surface area contributed by atoms with Crippen LogP contribution >= 0.6 is 0 Å². The molecule has 1 aliphatic rings. The van der Waals surface area contributed by atoms with Crippen LogP contribution in [0.3, 0.4) is 0 Å². The Morgan fingerprint density at radius 3 is 2.69 bits per heavy atom. The zero-order valence-corrected chi connectivity index (χ0v) is 10.3. The van der Waals surface area contributed by atoms with Crippen LogP contribution in [0, 0.1) is 0 Å². The zero-order chi connectivity index (χ0) is 11.7. The Balaban J connectivity index is 2.30. The lowest BCUT2D eigenvalue weighted by atomic mass is 10.0. The van der Waals surface area contributed by atoms with Crippen LogP contribution in [0.1, 0.15) is 56.6 Å². The maximum Gasteiger partial charge on any atom is 0.0683 e. The van der Waals surface area contributed by atoms with Gasteiger partial charge in [0.1, 0.15) is 0 Å².